The van der Waals surface area contributed by atoms with Crippen molar-refractivity contribution < 1.29 is 9.53 Å². The molecule has 1 aromatic carbocycles. The molecular formula is C13H16Cl2N2O2. The van der Waals surface area contributed by atoms with Crippen LogP contribution in [0.3, 0.4) is 0 Å². The molecule has 0 saturated heterocycles. The zero-order chi connectivity index (χ0) is 13.8. The maximum Gasteiger partial charge on any atom is 0.257 e. The van der Waals surface area contributed by atoms with Crippen molar-refractivity contribution in [2.75, 3.05) is 13.7 Å². The van der Waals surface area contributed by atoms with Gasteiger partial charge in [0.05, 0.1) is 5.02 Å². The summed E-state index contributed by atoms with van der Waals surface area (Å²) in [7, 11) is 1.56. The fraction of sp³-hybridized carbons (Fsp3) is 0.462. The van der Waals surface area contributed by atoms with Gasteiger partial charge in [-0.2, -0.15) is 0 Å². The average molecular weight is 303 g/mol. The Labute approximate surface area is 122 Å². The van der Waals surface area contributed by atoms with E-state index in [2.05, 4.69) is 10.6 Å². The third kappa shape index (κ3) is 4.27. The molecule has 104 valence electrons. The highest BCUT2D eigenvalue weighted by atomic mass is 35.5. The number of likely N-dealkylation sites (N-methyl/N-ethyl adjacent to an activating group) is 1. The SMILES string of the molecule is CNC(=O)COc1c(Cl)cc(Cl)cc1CNC1CC1. The molecular weight excluding hydrogens is 287 g/mol. The normalized spacial score (nSPS) is 14.3. The molecule has 0 radical (unpaired) electrons. The van der Waals surface area contributed by atoms with Crippen LogP contribution in [0.1, 0.15) is 18.4 Å². The molecule has 1 fully saturated rings. The van der Waals surface area contributed by atoms with E-state index in [0.29, 0.717) is 28.4 Å². The molecule has 2 N–H and O–H groups in total. The molecule has 0 bridgehead atoms. The number of hydrogen-bond donors (Lipinski definition) is 2. The van der Waals surface area contributed by atoms with Crippen LogP contribution < -0.4 is 15.4 Å². The van der Waals surface area contributed by atoms with Crippen molar-refractivity contribution in [3.05, 3.63) is 27.7 Å². The van der Waals surface area contributed by atoms with Crippen LogP contribution in [0, 0.1) is 0 Å². The van der Waals surface area contributed by atoms with Crippen LogP contribution in [0.25, 0.3) is 0 Å². The van der Waals surface area contributed by atoms with E-state index in [-0.39, 0.29) is 12.5 Å². The maximum absolute atomic E-state index is 11.2. The van der Waals surface area contributed by atoms with Crippen LogP contribution in [-0.2, 0) is 11.3 Å². The minimum atomic E-state index is -0.202. The van der Waals surface area contributed by atoms with Gasteiger partial charge in [0.2, 0.25) is 0 Å². The summed E-state index contributed by atoms with van der Waals surface area (Å²) in [4.78, 5) is 11.2. The van der Waals surface area contributed by atoms with Gasteiger partial charge >= 0.3 is 0 Å². The van der Waals surface area contributed by atoms with Gasteiger partial charge in [-0.15, -0.1) is 0 Å². The van der Waals surface area contributed by atoms with E-state index in [9.17, 15) is 4.79 Å². The second-order valence-corrected chi connectivity index (χ2v) is 5.34. The van der Waals surface area contributed by atoms with E-state index in [1.54, 1.807) is 13.1 Å². The number of hydrogen-bond acceptors (Lipinski definition) is 3. The Morgan fingerprint density at radius 2 is 2.16 bits per heavy atom. The molecule has 0 heterocycles. The van der Waals surface area contributed by atoms with E-state index in [4.69, 9.17) is 27.9 Å². The Balaban J connectivity index is 2.10. The van der Waals surface area contributed by atoms with Crippen LogP contribution in [-0.4, -0.2) is 25.6 Å². The van der Waals surface area contributed by atoms with Crippen LogP contribution in [0.15, 0.2) is 12.1 Å². The number of benzene rings is 1. The Morgan fingerprint density at radius 3 is 2.79 bits per heavy atom. The van der Waals surface area contributed by atoms with Gasteiger partial charge in [-0.05, 0) is 25.0 Å². The highest BCUT2D eigenvalue weighted by Crippen LogP contribution is 2.33. The van der Waals surface area contributed by atoms with Gasteiger partial charge in [-0.3, -0.25) is 4.79 Å². The molecule has 0 atom stereocenters. The van der Waals surface area contributed by atoms with Gasteiger partial charge in [0.15, 0.2) is 6.61 Å². The Hall–Kier alpha value is -0.970. The molecule has 1 amide bonds. The molecule has 0 aliphatic heterocycles. The third-order valence-corrected chi connectivity index (χ3v) is 3.37. The fourth-order valence-electron chi connectivity index (χ4n) is 1.66. The molecule has 0 unspecified atom stereocenters. The Bertz CT molecular complexity index is 476. The standard InChI is InChI=1S/C13H16Cl2N2O2/c1-16-12(18)7-19-13-8(6-17-10-2-3-10)4-9(14)5-11(13)15/h4-5,10,17H,2-3,6-7H2,1H3,(H,16,18). The van der Waals surface area contributed by atoms with Gasteiger partial charge in [-0.1, -0.05) is 23.2 Å². The predicted octanol–water partition coefficient (Wildman–Crippen LogP) is 2.37. The zero-order valence-electron chi connectivity index (χ0n) is 10.6. The van der Waals surface area contributed by atoms with Gasteiger partial charge in [0, 0.05) is 30.2 Å². The van der Waals surface area contributed by atoms with Crippen molar-refractivity contribution in [2.45, 2.75) is 25.4 Å². The molecule has 1 aliphatic rings. The molecule has 19 heavy (non-hydrogen) atoms. The van der Waals surface area contributed by atoms with Gasteiger partial charge in [0.1, 0.15) is 5.75 Å². The number of carbonyl (C=O) groups is 1. The Kier molecular flexibility index (Phi) is 4.91. The minimum Gasteiger partial charge on any atom is -0.482 e. The van der Waals surface area contributed by atoms with Crippen LogP contribution in [0.2, 0.25) is 10.0 Å². The predicted molar refractivity (Wildman–Crippen MR) is 75.9 cm³/mol. The fourth-order valence-corrected chi connectivity index (χ4v) is 2.25. The molecule has 2 rings (SSSR count). The topological polar surface area (TPSA) is 50.4 Å². The molecule has 4 nitrogen and oxygen atoms in total. The van der Waals surface area contributed by atoms with E-state index in [1.807, 2.05) is 6.07 Å². The number of amides is 1. The lowest BCUT2D eigenvalue weighted by molar-refractivity contribution is -0.122. The zero-order valence-corrected chi connectivity index (χ0v) is 12.1. The molecule has 0 spiro atoms. The van der Waals surface area contributed by atoms with Crippen molar-refractivity contribution in [1.82, 2.24) is 10.6 Å². The lowest BCUT2D eigenvalue weighted by Crippen LogP contribution is -2.25. The summed E-state index contributed by atoms with van der Waals surface area (Å²) in [5.74, 6) is 0.315. The van der Waals surface area contributed by atoms with Crippen molar-refractivity contribution >= 4 is 29.1 Å². The van der Waals surface area contributed by atoms with Crippen molar-refractivity contribution in [3.63, 3.8) is 0 Å². The maximum atomic E-state index is 11.2. The second kappa shape index (κ2) is 6.46. The van der Waals surface area contributed by atoms with Crippen LogP contribution >= 0.6 is 23.2 Å². The molecule has 1 saturated carbocycles. The van der Waals surface area contributed by atoms with Gasteiger partial charge in [-0.25, -0.2) is 0 Å². The van der Waals surface area contributed by atoms with E-state index in [0.717, 1.165) is 5.56 Å². The summed E-state index contributed by atoms with van der Waals surface area (Å²) in [6.07, 6.45) is 2.39. The Morgan fingerprint density at radius 1 is 1.42 bits per heavy atom. The first-order valence-electron chi connectivity index (χ1n) is 6.15. The van der Waals surface area contributed by atoms with Crippen LogP contribution in [0.5, 0.6) is 5.75 Å². The van der Waals surface area contributed by atoms with E-state index >= 15 is 0 Å². The number of nitrogens with one attached hydrogen (secondary N) is 2. The molecule has 6 heteroatoms. The second-order valence-electron chi connectivity index (χ2n) is 4.49. The molecule has 1 aliphatic carbocycles. The van der Waals surface area contributed by atoms with Gasteiger partial charge in [0.25, 0.3) is 5.91 Å². The van der Waals surface area contributed by atoms with Crippen molar-refractivity contribution in [1.29, 1.82) is 0 Å². The van der Waals surface area contributed by atoms with E-state index < -0.39 is 0 Å². The molecule has 0 aromatic heterocycles. The van der Waals surface area contributed by atoms with Crippen molar-refractivity contribution in [3.8, 4) is 5.75 Å². The summed E-state index contributed by atoms with van der Waals surface area (Å²) < 4.78 is 5.49. The van der Waals surface area contributed by atoms with E-state index in [1.165, 1.54) is 12.8 Å². The summed E-state index contributed by atoms with van der Waals surface area (Å²) in [6, 6.07) is 4.00. The largest absolute Gasteiger partial charge is 0.482 e. The van der Waals surface area contributed by atoms with Crippen LogP contribution in [0.4, 0.5) is 0 Å². The number of rotatable bonds is 6. The first-order valence-corrected chi connectivity index (χ1v) is 6.90. The van der Waals surface area contributed by atoms with Crippen molar-refractivity contribution in [2.24, 2.45) is 0 Å². The summed E-state index contributed by atoms with van der Waals surface area (Å²) >= 11 is 12.1. The first-order chi connectivity index (χ1) is 9.10. The first kappa shape index (κ1) is 14.4. The van der Waals surface area contributed by atoms with Gasteiger partial charge < -0.3 is 15.4 Å². The lowest BCUT2D eigenvalue weighted by atomic mass is 10.2. The third-order valence-electron chi connectivity index (χ3n) is 2.87. The highest BCUT2D eigenvalue weighted by molar-refractivity contribution is 6.35. The quantitative estimate of drug-likeness (QED) is 0.848. The summed E-state index contributed by atoms with van der Waals surface area (Å²) in [5.41, 5.74) is 0.869. The minimum absolute atomic E-state index is 0.0612. The highest BCUT2D eigenvalue weighted by Gasteiger charge is 2.21. The smallest absolute Gasteiger partial charge is 0.257 e. The number of ether oxygens (including phenoxy) is 1. The monoisotopic (exact) mass is 302 g/mol. The lowest BCUT2D eigenvalue weighted by Gasteiger charge is -2.14. The number of halogens is 2. The number of carbonyl (C=O) groups excluding carboxylic acids is 1. The average Bonchev–Trinajstić information content (AvgIpc) is 3.18. The summed E-state index contributed by atoms with van der Waals surface area (Å²) in [5, 5.41) is 6.85. The summed E-state index contributed by atoms with van der Waals surface area (Å²) in [6.45, 7) is 0.572. The molecule has 1 aromatic rings.